The summed E-state index contributed by atoms with van der Waals surface area (Å²) in [5.74, 6) is 0. The maximum Gasteiger partial charge on any atom is 0.0599 e. The van der Waals surface area contributed by atoms with Crippen LogP contribution in [0.15, 0.2) is 146 Å². The predicted octanol–water partition coefficient (Wildman–Crippen LogP) is 10.2. The van der Waals surface area contributed by atoms with E-state index >= 15 is 0 Å². The van der Waals surface area contributed by atoms with Crippen molar-refractivity contribution in [2.45, 2.75) is 13.0 Å². The minimum absolute atomic E-state index is 0. The van der Waals surface area contributed by atoms with Gasteiger partial charge in [0.05, 0.1) is 20.1 Å². The van der Waals surface area contributed by atoms with Gasteiger partial charge in [-0.1, -0.05) is 126 Å². The van der Waals surface area contributed by atoms with Crippen LogP contribution in [0.3, 0.4) is 0 Å². The van der Waals surface area contributed by atoms with E-state index in [1.54, 1.807) is 0 Å². The minimum Gasteiger partial charge on any atom is -0.748 e. The molecular weight excluding hydrogens is 718 g/mol. The summed E-state index contributed by atoms with van der Waals surface area (Å²) in [5, 5.41) is 8.35. The maximum absolute atomic E-state index is 6.50. The normalized spacial score (nSPS) is 11.7. The second-order valence-electron chi connectivity index (χ2n) is 10.1. The molecule has 6 aromatic carbocycles. The second kappa shape index (κ2) is 17.3. The molecule has 0 aromatic heterocycles. The molecule has 8 heteroatoms. The largest absolute Gasteiger partial charge is 0.748 e. The van der Waals surface area contributed by atoms with Gasteiger partial charge in [-0.05, 0) is 66.5 Å². The van der Waals surface area contributed by atoms with Gasteiger partial charge in [-0.25, -0.2) is 12.1 Å². The van der Waals surface area contributed by atoms with Gasteiger partial charge in [-0.15, -0.1) is 10.9 Å². The first-order valence-corrected chi connectivity index (χ1v) is 18.3. The van der Waals surface area contributed by atoms with Crippen LogP contribution in [0.25, 0.3) is 0 Å². The van der Waals surface area contributed by atoms with E-state index in [0.29, 0.717) is 20.1 Å². The van der Waals surface area contributed by atoms with Crippen molar-refractivity contribution in [1.29, 1.82) is 0 Å². The number of hydrogen-bond donors (Lipinski definition) is 0. The second-order valence-corrected chi connectivity index (χ2v) is 16.2. The van der Waals surface area contributed by atoms with Crippen LogP contribution in [-0.4, -0.2) is 11.7 Å². The smallest absolute Gasteiger partial charge is 0.0599 e. The van der Waals surface area contributed by atoms with Crippen LogP contribution < -0.4 is 26.5 Å². The van der Waals surface area contributed by atoms with Gasteiger partial charge in [0.25, 0.3) is 0 Å². The molecule has 0 saturated carbocycles. The van der Waals surface area contributed by atoms with Crippen molar-refractivity contribution >= 4 is 88.9 Å². The molecule has 0 bridgehead atoms. The predicted molar refractivity (Wildman–Crippen MR) is 198 cm³/mol. The van der Waals surface area contributed by atoms with Gasteiger partial charge in [0.15, 0.2) is 0 Å². The third-order valence-corrected chi connectivity index (χ3v) is 13.8. The van der Waals surface area contributed by atoms with Gasteiger partial charge in [0.2, 0.25) is 0 Å². The molecule has 0 aliphatic rings. The van der Waals surface area contributed by atoms with Gasteiger partial charge in [0, 0.05) is 25.1 Å². The third-order valence-electron chi connectivity index (χ3n) is 7.27. The van der Waals surface area contributed by atoms with Crippen molar-refractivity contribution in [2.24, 2.45) is 0 Å². The fraction of sp³-hybridized carbons (Fsp3) is 0.0811. The SMILES string of the molecule is C[C@H]([c-]1cccc1P(c1ccccc1)c1ccccc1)N(C)P(c1ccc(Cl)c(Cl)c1)c1ccc(Cl)c(Cl)c1.[Fe].[cH-]1[cH-][cH-][cH-][cH-]1. The Morgan fingerprint density at radius 1 is 0.578 bits per heavy atom. The van der Waals surface area contributed by atoms with Crippen molar-refractivity contribution in [3.05, 3.63) is 171 Å². The summed E-state index contributed by atoms with van der Waals surface area (Å²) in [6.45, 7) is 2.27. The number of halogens is 4. The molecule has 0 aliphatic heterocycles. The molecule has 1 atom stereocenters. The molecule has 236 valence electrons. The number of rotatable bonds is 8. The molecule has 0 spiro atoms. The van der Waals surface area contributed by atoms with Crippen LogP contribution in [0.2, 0.25) is 20.1 Å². The van der Waals surface area contributed by atoms with E-state index in [-0.39, 0.29) is 23.1 Å². The average molecular weight is 749 g/mol. The molecule has 0 unspecified atom stereocenters. The van der Waals surface area contributed by atoms with Gasteiger partial charge < -0.3 is 30.3 Å². The summed E-state index contributed by atoms with van der Waals surface area (Å²) in [6, 6.07) is 50.2. The van der Waals surface area contributed by atoms with Crippen molar-refractivity contribution in [1.82, 2.24) is 4.67 Å². The molecule has 0 saturated heterocycles. The molecule has 6 aromatic rings. The number of hydrogen-bond acceptors (Lipinski definition) is 1. The Bertz CT molecular complexity index is 1650. The fourth-order valence-electron chi connectivity index (χ4n) is 5.00. The minimum atomic E-state index is -0.999. The number of benzene rings is 4. The standard InChI is InChI=1S/C32H26Cl4NP2.C5H5.Fe/c1-22(27-14-9-15-32(27)38(23-10-5-3-6-11-23)24-12-7-4-8-13-24)37(2)39(25-16-18-28(33)30(35)20-25)26-17-19-29(34)31(36)21-26;1-2-4-5-3-1;/h3-22H,1-2H3;1-5H;/q-1;-5;/t22-;;/m1../s1. The average Bonchev–Trinajstić information content (AvgIpc) is 3.78. The molecular formula is C37H31Cl4FeNP2-6. The molecule has 0 fully saturated rings. The van der Waals surface area contributed by atoms with Crippen LogP contribution in [0, 0.1) is 0 Å². The summed E-state index contributed by atoms with van der Waals surface area (Å²) in [5.41, 5.74) is 1.31. The molecule has 0 heterocycles. The van der Waals surface area contributed by atoms with E-state index in [2.05, 4.69) is 110 Å². The quantitative estimate of drug-likeness (QED) is 0.0851. The third kappa shape index (κ3) is 8.91. The maximum atomic E-state index is 6.50. The van der Waals surface area contributed by atoms with Gasteiger partial charge in [-0.3, -0.25) is 4.67 Å². The van der Waals surface area contributed by atoms with E-state index in [1.165, 1.54) is 21.5 Å². The Kier molecular flexibility index (Phi) is 13.8. The number of nitrogens with zero attached hydrogens (tertiary/aromatic N) is 1. The summed E-state index contributed by atoms with van der Waals surface area (Å²) in [6.07, 6.45) is 0. The first kappa shape index (κ1) is 35.9. The zero-order valence-corrected chi connectivity index (χ0v) is 30.6. The van der Waals surface area contributed by atoms with E-state index in [1.807, 2.05) is 54.6 Å². The van der Waals surface area contributed by atoms with E-state index in [9.17, 15) is 0 Å². The summed E-state index contributed by atoms with van der Waals surface area (Å²) < 4.78 is 2.43. The van der Waals surface area contributed by atoms with E-state index in [4.69, 9.17) is 46.4 Å². The van der Waals surface area contributed by atoms with Gasteiger partial charge >= 0.3 is 0 Å². The Hall–Kier alpha value is -1.92. The molecule has 6 rings (SSSR count). The fourth-order valence-corrected chi connectivity index (χ4v) is 10.7. The van der Waals surface area contributed by atoms with Gasteiger partial charge in [0.1, 0.15) is 0 Å². The first-order valence-electron chi connectivity index (χ1n) is 14.1. The Morgan fingerprint density at radius 3 is 1.44 bits per heavy atom. The molecule has 45 heavy (non-hydrogen) atoms. The zero-order valence-electron chi connectivity index (χ0n) is 24.6. The molecule has 0 amide bonds. The van der Waals surface area contributed by atoms with Crippen molar-refractivity contribution in [3.8, 4) is 0 Å². The van der Waals surface area contributed by atoms with E-state index < -0.39 is 16.0 Å². The molecule has 0 radical (unpaired) electrons. The van der Waals surface area contributed by atoms with Crippen molar-refractivity contribution < 1.29 is 17.1 Å². The Balaban J connectivity index is 0.000000700. The molecule has 1 nitrogen and oxygen atoms in total. The Morgan fingerprint density at radius 2 is 1.02 bits per heavy atom. The van der Waals surface area contributed by atoms with Crippen LogP contribution in [-0.2, 0) is 17.1 Å². The Labute approximate surface area is 299 Å². The molecule has 0 N–H and O–H groups in total. The monoisotopic (exact) mass is 747 g/mol. The van der Waals surface area contributed by atoms with Crippen molar-refractivity contribution in [3.63, 3.8) is 0 Å². The van der Waals surface area contributed by atoms with Gasteiger partial charge in [-0.2, -0.15) is 6.07 Å². The van der Waals surface area contributed by atoms with E-state index in [0.717, 1.165) is 10.6 Å². The molecule has 0 aliphatic carbocycles. The van der Waals surface area contributed by atoms with Crippen LogP contribution in [0.5, 0.6) is 0 Å². The van der Waals surface area contributed by atoms with Crippen LogP contribution in [0.1, 0.15) is 18.5 Å². The van der Waals surface area contributed by atoms with Crippen molar-refractivity contribution in [2.75, 3.05) is 7.05 Å². The summed E-state index contributed by atoms with van der Waals surface area (Å²) in [4.78, 5) is 0. The summed E-state index contributed by atoms with van der Waals surface area (Å²) >= 11 is 25.6. The first-order chi connectivity index (χ1) is 21.3. The van der Waals surface area contributed by atoms with Crippen LogP contribution >= 0.6 is 62.4 Å². The van der Waals surface area contributed by atoms with Crippen LogP contribution in [0.4, 0.5) is 0 Å². The summed E-state index contributed by atoms with van der Waals surface area (Å²) in [7, 11) is 0.443. The topological polar surface area (TPSA) is 3.24 Å². The zero-order chi connectivity index (χ0) is 31.1.